The van der Waals surface area contributed by atoms with E-state index >= 15 is 0 Å². The van der Waals surface area contributed by atoms with Crippen LogP contribution < -0.4 is 0 Å². The molecule has 3 heteroatoms. The molecule has 1 unspecified atom stereocenters. The summed E-state index contributed by atoms with van der Waals surface area (Å²) in [5.41, 5.74) is 0.965. The van der Waals surface area contributed by atoms with Gasteiger partial charge in [0.2, 0.25) is 0 Å². The van der Waals surface area contributed by atoms with Gasteiger partial charge in [0.05, 0.1) is 13.2 Å². The third-order valence-electron chi connectivity index (χ3n) is 3.50. The van der Waals surface area contributed by atoms with Crippen molar-refractivity contribution in [2.24, 2.45) is 0 Å². The maximum atomic E-state index is 11.6. The molecule has 1 aromatic rings. The summed E-state index contributed by atoms with van der Waals surface area (Å²) in [6, 6.07) is 9.85. The minimum absolute atomic E-state index is 0.215. The molecule has 1 aromatic carbocycles. The first-order chi connectivity index (χ1) is 11.7. The largest absolute Gasteiger partial charge is 0.482 e. The number of esters is 1. The van der Waals surface area contributed by atoms with Crippen LogP contribution in [0.2, 0.25) is 0 Å². The van der Waals surface area contributed by atoms with Crippen molar-refractivity contribution in [1.29, 1.82) is 0 Å². The van der Waals surface area contributed by atoms with Gasteiger partial charge in [-0.3, -0.25) is 0 Å². The van der Waals surface area contributed by atoms with Crippen LogP contribution >= 0.6 is 0 Å². The van der Waals surface area contributed by atoms with Gasteiger partial charge in [-0.1, -0.05) is 63.1 Å². The summed E-state index contributed by atoms with van der Waals surface area (Å²) >= 11 is 0. The molecule has 130 valence electrons. The Morgan fingerprint density at radius 2 is 1.92 bits per heavy atom. The minimum Gasteiger partial charge on any atom is -0.482 e. The van der Waals surface area contributed by atoms with Crippen molar-refractivity contribution in [2.75, 3.05) is 7.11 Å². The summed E-state index contributed by atoms with van der Waals surface area (Å²) in [7, 11) is 1.38. The fraction of sp³-hybridized carbons (Fsp3) is 0.476. The van der Waals surface area contributed by atoms with Gasteiger partial charge in [0, 0.05) is 12.0 Å². The van der Waals surface area contributed by atoms with Gasteiger partial charge in [-0.2, -0.15) is 0 Å². The van der Waals surface area contributed by atoms with Crippen LogP contribution in [0.5, 0.6) is 0 Å². The van der Waals surface area contributed by atoms with Crippen molar-refractivity contribution in [2.45, 2.75) is 58.5 Å². The first-order valence-corrected chi connectivity index (χ1v) is 8.71. The molecule has 0 heterocycles. The molecule has 0 aliphatic rings. The number of unbranched alkanes of at least 4 members (excludes halogenated alkanes) is 2. The summed E-state index contributed by atoms with van der Waals surface area (Å²) < 4.78 is 10.7. The van der Waals surface area contributed by atoms with Crippen LogP contribution in [-0.4, -0.2) is 19.2 Å². The van der Waals surface area contributed by atoms with Crippen LogP contribution in [-0.2, 0) is 14.3 Å². The number of carbonyl (C=O) groups excluding carboxylic acids is 1. The summed E-state index contributed by atoms with van der Waals surface area (Å²) in [4.78, 5) is 11.6. The fourth-order valence-electron chi connectivity index (χ4n) is 2.20. The predicted octanol–water partition coefficient (Wildman–Crippen LogP) is 4.86. The zero-order valence-corrected chi connectivity index (χ0v) is 15.0. The van der Waals surface area contributed by atoms with Crippen molar-refractivity contribution >= 4 is 5.97 Å². The Balaban J connectivity index is 2.82. The predicted molar refractivity (Wildman–Crippen MR) is 97.3 cm³/mol. The lowest BCUT2D eigenvalue weighted by Gasteiger charge is -2.16. The standard InChI is InChI=1S/C21H28O3/c1-4-6-8-14-20(17-21(22)23-3)24-19(11-5-2)16-15-18-12-9-7-10-13-18/h7,9-10,12-13,17,19H,4-6,8,11,14H2,1-3H3/b20-17+. The van der Waals surface area contributed by atoms with E-state index in [0.29, 0.717) is 5.76 Å². The van der Waals surface area contributed by atoms with E-state index in [1.165, 1.54) is 13.2 Å². The summed E-state index contributed by atoms with van der Waals surface area (Å²) in [5, 5.41) is 0. The van der Waals surface area contributed by atoms with E-state index in [2.05, 4.69) is 25.7 Å². The van der Waals surface area contributed by atoms with Gasteiger partial charge in [0.15, 0.2) is 6.10 Å². The number of benzene rings is 1. The van der Waals surface area contributed by atoms with Gasteiger partial charge in [-0.15, -0.1) is 0 Å². The van der Waals surface area contributed by atoms with Gasteiger partial charge in [0.1, 0.15) is 5.76 Å². The first-order valence-electron chi connectivity index (χ1n) is 8.71. The molecule has 0 aliphatic carbocycles. The lowest BCUT2D eigenvalue weighted by atomic mass is 10.1. The van der Waals surface area contributed by atoms with Gasteiger partial charge in [-0.25, -0.2) is 4.79 Å². The van der Waals surface area contributed by atoms with Crippen LogP contribution in [0.15, 0.2) is 42.2 Å². The van der Waals surface area contributed by atoms with Crippen molar-refractivity contribution < 1.29 is 14.3 Å². The topological polar surface area (TPSA) is 35.5 Å². The molecule has 0 spiro atoms. The Kier molecular flexibility index (Phi) is 10.1. The Labute approximate surface area is 146 Å². The molecule has 0 bridgehead atoms. The molecule has 24 heavy (non-hydrogen) atoms. The Morgan fingerprint density at radius 1 is 1.17 bits per heavy atom. The summed E-state index contributed by atoms with van der Waals surface area (Å²) in [6.45, 7) is 4.25. The highest BCUT2D eigenvalue weighted by atomic mass is 16.5. The maximum absolute atomic E-state index is 11.6. The second-order valence-electron chi connectivity index (χ2n) is 5.62. The Bertz CT molecular complexity index is 564. The molecule has 0 amide bonds. The van der Waals surface area contributed by atoms with Crippen molar-refractivity contribution in [3.63, 3.8) is 0 Å². The zero-order valence-electron chi connectivity index (χ0n) is 15.0. The van der Waals surface area contributed by atoms with E-state index in [1.807, 2.05) is 30.3 Å². The molecule has 0 saturated carbocycles. The molecule has 0 radical (unpaired) electrons. The van der Waals surface area contributed by atoms with Crippen molar-refractivity contribution in [3.05, 3.63) is 47.7 Å². The van der Waals surface area contributed by atoms with Gasteiger partial charge in [0.25, 0.3) is 0 Å². The molecule has 0 fully saturated rings. The summed E-state index contributed by atoms with van der Waals surface area (Å²) in [6.07, 6.45) is 6.98. The van der Waals surface area contributed by atoms with Crippen molar-refractivity contribution in [1.82, 2.24) is 0 Å². The number of hydrogen-bond donors (Lipinski definition) is 0. The third kappa shape index (κ3) is 8.43. The summed E-state index contributed by atoms with van der Waals surface area (Å²) in [5.74, 6) is 6.62. The third-order valence-corrected chi connectivity index (χ3v) is 3.50. The molecule has 0 aromatic heterocycles. The Morgan fingerprint density at radius 3 is 2.54 bits per heavy atom. The van der Waals surface area contributed by atoms with Gasteiger partial charge >= 0.3 is 5.97 Å². The quantitative estimate of drug-likeness (QED) is 0.213. The fourth-order valence-corrected chi connectivity index (χ4v) is 2.20. The number of ether oxygens (including phenoxy) is 2. The van der Waals surface area contributed by atoms with Gasteiger partial charge in [-0.05, 0) is 25.0 Å². The van der Waals surface area contributed by atoms with E-state index in [4.69, 9.17) is 9.47 Å². The van der Waals surface area contributed by atoms with E-state index in [9.17, 15) is 4.79 Å². The SMILES string of the molecule is CCCCC/C(=C\C(=O)OC)OC(C#Cc1ccccc1)CCC. The van der Waals surface area contributed by atoms with Gasteiger partial charge < -0.3 is 9.47 Å². The monoisotopic (exact) mass is 328 g/mol. The number of carbonyl (C=O) groups is 1. The second-order valence-corrected chi connectivity index (χ2v) is 5.62. The zero-order chi connectivity index (χ0) is 17.6. The average molecular weight is 328 g/mol. The highest BCUT2D eigenvalue weighted by Crippen LogP contribution is 2.15. The van der Waals surface area contributed by atoms with E-state index in [-0.39, 0.29) is 12.1 Å². The number of methoxy groups -OCH3 is 1. The minimum atomic E-state index is -0.382. The first kappa shape index (κ1) is 19.8. The maximum Gasteiger partial charge on any atom is 0.333 e. The molecule has 0 saturated heterocycles. The molecule has 0 N–H and O–H groups in total. The average Bonchev–Trinajstić information content (AvgIpc) is 2.60. The number of hydrogen-bond acceptors (Lipinski definition) is 3. The molecular formula is C21H28O3. The molecule has 1 atom stereocenters. The highest BCUT2D eigenvalue weighted by Gasteiger charge is 2.10. The smallest absolute Gasteiger partial charge is 0.333 e. The number of allylic oxidation sites excluding steroid dienone is 1. The second kappa shape index (κ2) is 12.2. The number of rotatable bonds is 9. The Hall–Kier alpha value is -2.21. The van der Waals surface area contributed by atoms with E-state index in [1.54, 1.807) is 0 Å². The molecule has 1 rings (SSSR count). The normalized spacial score (nSPS) is 12.0. The molecule has 0 aliphatic heterocycles. The highest BCUT2D eigenvalue weighted by molar-refractivity contribution is 5.82. The lowest BCUT2D eigenvalue weighted by molar-refractivity contribution is -0.135. The molecular weight excluding hydrogens is 300 g/mol. The lowest BCUT2D eigenvalue weighted by Crippen LogP contribution is -2.12. The van der Waals surface area contributed by atoms with Crippen molar-refractivity contribution in [3.8, 4) is 11.8 Å². The molecule has 3 nitrogen and oxygen atoms in total. The van der Waals surface area contributed by atoms with Crippen LogP contribution in [0.3, 0.4) is 0 Å². The van der Waals surface area contributed by atoms with E-state index in [0.717, 1.165) is 44.1 Å². The van der Waals surface area contributed by atoms with Crippen LogP contribution in [0, 0.1) is 11.8 Å². The van der Waals surface area contributed by atoms with Crippen LogP contribution in [0.25, 0.3) is 0 Å². The van der Waals surface area contributed by atoms with Crippen LogP contribution in [0.4, 0.5) is 0 Å². The van der Waals surface area contributed by atoms with E-state index < -0.39 is 0 Å². The van der Waals surface area contributed by atoms with Crippen LogP contribution in [0.1, 0.15) is 57.9 Å².